The highest BCUT2D eigenvalue weighted by atomic mass is 35.5. The predicted molar refractivity (Wildman–Crippen MR) is 99.9 cm³/mol. The van der Waals surface area contributed by atoms with Crippen LogP contribution >= 0.6 is 11.6 Å². The van der Waals surface area contributed by atoms with Crippen LogP contribution in [0.1, 0.15) is 11.1 Å². The Balaban J connectivity index is 1.78. The lowest BCUT2D eigenvalue weighted by atomic mass is 10.2. The van der Waals surface area contributed by atoms with Crippen molar-refractivity contribution in [3.05, 3.63) is 71.0 Å². The van der Waals surface area contributed by atoms with Gasteiger partial charge < -0.3 is 16.4 Å². The number of nitrogens with two attached hydrogens (primary N) is 1. The summed E-state index contributed by atoms with van der Waals surface area (Å²) in [4.78, 5) is 8.08. The molecule has 140 valence electrons. The Labute approximate surface area is 158 Å². The number of hydrogen-bond acceptors (Lipinski definition) is 5. The lowest BCUT2D eigenvalue weighted by molar-refractivity contribution is -0.137. The van der Waals surface area contributed by atoms with Crippen molar-refractivity contribution in [1.29, 1.82) is 0 Å². The first kappa shape index (κ1) is 18.8. The monoisotopic (exact) mass is 393 g/mol. The van der Waals surface area contributed by atoms with E-state index in [1.807, 2.05) is 18.2 Å². The van der Waals surface area contributed by atoms with Crippen molar-refractivity contribution in [3.8, 4) is 0 Å². The van der Waals surface area contributed by atoms with Gasteiger partial charge in [0.05, 0.1) is 5.56 Å². The van der Waals surface area contributed by atoms with Gasteiger partial charge in [-0.1, -0.05) is 35.9 Å². The summed E-state index contributed by atoms with van der Waals surface area (Å²) in [6.45, 7) is 0.379. The highest BCUT2D eigenvalue weighted by Crippen LogP contribution is 2.32. The molecule has 0 spiro atoms. The minimum atomic E-state index is -4.43. The number of benzene rings is 2. The summed E-state index contributed by atoms with van der Waals surface area (Å²) in [5.41, 5.74) is 6.53. The molecule has 9 heteroatoms. The number of halogens is 4. The number of rotatable bonds is 5. The van der Waals surface area contributed by atoms with E-state index >= 15 is 0 Å². The van der Waals surface area contributed by atoms with Gasteiger partial charge in [0.25, 0.3) is 0 Å². The third-order valence-electron chi connectivity index (χ3n) is 3.74. The molecule has 0 aliphatic carbocycles. The first-order valence-corrected chi connectivity index (χ1v) is 8.24. The van der Waals surface area contributed by atoms with E-state index in [4.69, 9.17) is 17.3 Å². The molecule has 1 heterocycles. The van der Waals surface area contributed by atoms with E-state index in [-0.39, 0.29) is 17.2 Å². The SMILES string of the molecule is Nc1c(NCc2ccccc2Cl)ncnc1Nc1cccc(C(F)(F)F)c1. The summed E-state index contributed by atoms with van der Waals surface area (Å²) in [6, 6.07) is 12.1. The minimum Gasteiger partial charge on any atom is -0.393 e. The first-order chi connectivity index (χ1) is 12.8. The van der Waals surface area contributed by atoms with E-state index in [2.05, 4.69) is 20.6 Å². The van der Waals surface area contributed by atoms with Gasteiger partial charge in [-0.25, -0.2) is 9.97 Å². The minimum absolute atomic E-state index is 0.182. The number of hydrogen-bond donors (Lipinski definition) is 3. The van der Waals surface area contributed by atoms with Crippen LogP contribution in [0.2, 0.25) is 5.02 Å². The van der Waals surface area contributed by atoms with Gasteiger partial charge in [0.2, 0.25) is 0 Å². The Kier molecular flexibility index (Phi) is 5.36. The molecule has 4 N–H and O–H groups in total. The van der Waals surface area contributed by atoms with Crippen LogP contribution in [-0.4, -0.2) is 9.97 Å². The van der Waals surface area contributed by atoms with Crippen molar-refractivity contribution in [1.82, 2.24) is 9.97 Å². The quantitative estimate of drug-likeness (QED) is 0.563. The standard InChI is InChI=1S/C18H15ClF3N5/c19-14-7-2-1-4-11(14)9-24-16-15(23)17(26-10-25-16)27-13-6-3-5-12(8-13)18(20,21)22/h1-8,10H,9,23H2,(H2,24,25,26,27). The van der Waals surface area contributed by atoms with E-state index < -0.39 is 11.7 Å². The molecule has 5 nitrogen and oxygen atoms in total. The topological polar surface area (TPSA) is 75.9 Å². The maximum Gasteiger partial charge on any atom is 0.416 e. The van der Waals surface area contributed by atoms with Crippen molar-refractivity contribution in [2.45, 2.75) is 12.7 Å². The van der Waals surface area contributed by atoms with Crippen molar-refractivity contribution in [3.63, 3.8) is 0 Å². The molecule has 0 atom stereocenters. The second kappa shape index (κ2) is 7.71. The van der Waals surface area contributed by atoms with Gasteiger partial charge in [-0.05, 0) is 29.8 Å². The summed E-state index contributed by atoms with van der Waals surface area (Å²) in [5.74, 6) is 0.547. The predicted octanol–water partition coefficient (Wildman–Crippen LogP) is 5.09. The lowest BCUT2D eigenvalue weighted by Crippen LogP contribution is -2.09. The van der Waals surface area contributed by atoms with Gasteiger partial charge in [-0.15, -0.1) is 0 Å². The molecule has 3 aromatic rings. The molecule has 0 amide bonds. The zero-order valence-electron chi connectivity index (χ0n) is 13.9. The average Bonchev–Trinajstić information content (AvgIpc) is 2.63. The number of nitrogen functional groups attached to an aromatic ring is 1. The van der Waals surface area contributed by atoms with E-state index in [9.17, 15) is 13.2 Å². The summed E-state index contributed by atoms with van der Waals surface area (Å²) < 4.78 is 38.5. The Morgan fingerprint density at radius 3 is 2.48 bits per heavy atom. The van der Waals surface area contributed by atoms with E-state index in [0.29, 0.717) is 17.4 Å². The molecule has 3 rings (SSSR count). The Morgan fingerprint density at radius 2 is 1.74 bits per heavy atom. The second-order valence-electron chi connectivity index (χ2n) is 5.63. The van der Waals surface area contributed by atoms with Gasteiger partial charge in [-0.2, -0.15) is 13.2 Å². The number of nitrogens with zero attached hydrogens (tertiary/aromatic N) is 2. The molecule has 0 aliphatic rings. The van der Waals surface area contributed by atoms with Crippen LogP contribution in [-0.2, 0) is 12.7 Å². The van der Waals surface area contributed by atoms with Gasteiger partial charge >= 0.3 is 6.18 Å². The molecule has 0 bridgehead atoms. The number of anilines is 4. The summed E-state index contributed by atoms with van der Waals surface area (Å²) >= 11 is 6.11. The van der Waals surface area contributed by atoms with Crippen LogP contribution in [0, 0.1) is 0 Å². The molecule has 1 aromatic heterocycles. The lowest BCUT2D eigenvalue weighted by Gasteiger charge is -2.14. The second-order valence-corrected chi connectivity index (χ2v) is 6.04. The smallest absolute Gasteiger partial charge is 0.393 e. The zero-order valence-corrected chi connectivity index (χ0v) is 14.6. The van der Waals surface area contributed by atoms with Crippen LogP contribution in [0.5, 0.6) is 0 Å². The molecule has 0 aliphatic heterocycles. The van der Waals surface area contributed by atoms with Gasteiger partial charge in [0.1, 0.15) is 12.0 Å². The van der Waals surface area contributed by atoms with Gasteiger partial charge in [0.15, 0.2) is 11.6 Å². The van der Waals surface area contributed by atoms with E-state index in [0.717, 1.165) is 17.7 Å². The largest absolute Gasteiger partial charge is 0.416 e. The van der Waals surface area contributed by atoms with E-state index in [1.165, 1.54) is 18.5 Å². The normalized spacial score (nSPS) is 11.3. The molecule has 0 saturated carbocycles. The third kappa shape index (κ3) is 4.59. The fourth-order valence-corrected chi connectivity index (χ4v) is 2.57. The summed E-state index contributed by atoms with van der Waals surface area (Å²) in [7, 11) is 0. The zero-order chi connectivity index (χ0) is 19.4. The van der Waals surface area contributed by atoms with Crippen molar-refractivity contribution >= 4 is 34.6 Å². The van der Waals surface area contributed by atoms with Crippen LogP contribution in [0.4, 0.5) is 36.2 Å². The molecule has 2 aromatic carbocycles. The van der Waals surface area contributed by atoms with Gasteiger partial charge in [0, 0.05) is 17.3 Å². The molecule has 0 fully saturated rings. The number of alkyl halides is 3. The van der Waals surface area contributed by atoms with Crippen LogP contribution in [0.25, 0.3) is 0 Å². The molecular formula is C18H15ClF3N5. The maximum atomic E-state index is 12.8. The summed E-state index contributed by atoms with van der Waals surface area (Å²) in [6.07, 6.45) is -3.17. The Bertz CT molecular complexity index is 946. The fourth-order valence-electron chi connectivity index (χ4n) is 2.37. The molecule has 27 heavy (non-hydrogen) atoms. The number of nitrogens with one attached hydrogen (secondary N) is 2. The Morgan fingerprint density at radius 1 is 1.00 bits per heavy atom. The van der Waals surface area contributed by atoms with Crippen molar-refractivity contribution in [2.24, 2.45) is 0 Å². The number of aromatic nitrogens is 2. The molecule has 0 unspecified atom stereocenters. The van der Waals surface area contributed by atoms with E-state index in [1.54, 1.807) is 6.07 Å². The maximum absolute atomic E-state index is 12.8. The first-order valence-electron chi connectivity index (χ1n) is 7.86. The van der Waals surface area contributed by atoms with Gasteiger partial charge in [-0.3, -0.25) is 0 Å². The average molecular weight is 394 g/mol. The summed E-state index contributed by atoms with van der Waals surface area (Å²) in [5, 5.41) is 6.44. The van der Waals surface area contributed by atoms with Crippen LogP contribution < -0.4 is 16.4 Å². The van der Waals surface area contributed by atoms with Crippen molar-refractivity contribution in [2.75, 3.05) is 16.4 Å². The van der Waals surface area contributed by atoms with Crippen LogP contribution in [0.3, 0.4) is 0 Å². The Hall–Kier alpha value is -3.00. The highest BCUT2D eigenvalue weighted by Gasteiger charge is 2.30. The molecule has 0 saturated heterocycles. The third-order valence-corrected chi connectivity index (χ3v) is 4.11. The fraction of sp³-hybridized carbons (Fsp3) is 0.111. The molecular weight excluding hydrogens is 379 g/mol. The van der Waals surface area contributed by atoms with Crippen molar-refractivity contribution < 1.29 is 13.2 Å². The molecule has 0 radical (unpaired) electrons. The highest BCUT2D eigenvalue weighted by molar-refractivity contribution is 6.31. The van der Waals surface area contributed by atoms with Crippen LogP contribution in [0.15, 0.2) is 54.9 Å².